The fourth-order valence-corrected chi connectivity index (χ4v) is 11.1. The Morgan fingerprint density at radius 2 is 0.603 bits per heavy atom. The van der Waals surface area contributed by atoms with Gasteiger partial charge in [0.05, 0.1) is 62.3 Å². The molecule has 0 aliphatic carbocycles. The highest BCUT2D eigenvalue weighted by Crippen LogP contribution is 2.42. The molecule has 68 heavy (non-hydrogen) atoms. The third-order valence-corrected chi connectivity index (χ3v) is 14.0. The molecule has 0 unspecified atom stereocenters. The Kier molecular flexibility index (Phi) is 8.01. The lowest BCUT2D eigenvalue weighted by Gasteiger charge is -2.16. The van der Waals surface area contributed by atoms with Crippen LogP contribution in [-0.4, -0.2) is 18.3 Å². The van der Waals surface area contributed by atoms with E-state index in [-0.39, 0.29) is 0 Å². The van der Waals surface area contributed by atoms with Crippen LogP contribution in [0.5, 0.6) is 0 Å². The zero-order chi connectivity index (χ0) is 45.0. The summed E-state index contributed by atoms with van der Waals surface area (Å²) in [5.74, 6) is 0. The van der Waals surface area contributed by atoms with Crippen LogP contribution in [0.4, 0.5) is 5.69 Å². The number of hydrogen-bond donors (Lipinski definition) is 0. The third-order valence-electron chi connectivity index (χ3n) is 14.0. The Labute approximate surface area is 390 Å². The second kappa shape index (κ2) is 14.4. The van der Waals surface area contributed by atoms with Crippen LogP contribution in [0, 0.1) is 17.9 Å². The van der Waals surface area contributed by atoms with Gasteiger partial charge in [0, 0.05) is 65.8 Å². The van der Waals surface area contributed by atoms with Gasteiger partial charge in [-0.05, 0) is 102 Å². The van der Waals surface area contributed by atoms with Gasteiger partial charge in [0.2, 0.25) is 0 Å². The highest BCUT2D eigenvalue weighted by atomic mass is 15.0. The summed E-state index contributed by atoms with van der Waals surface area (Å²) in [6.07, 6.45) is 0. The van der Waals surface area contributed by atoms with Crippen LogP contribution >= 0.6 is 0 Å². The van der Waals surface area contributed by atoms with Crippen molar-refractivity contribution in [3.63, 3.8) is 0 Å². The Balaban J connectivity index is 0.980. The van der Waals surface area contributed by atoms with Crippen molar-refractivity contribution < 1.29 is 0 Å². The first-order chi connectivity index (χ1) is 33.7. The standard InChI is InChI=1S/C62H36N6/c1-64-54-33-30-41(68-60-25-13-7-19-49(60)51-32-29-43(37-62(51)68)66-57-22-10-4-16-46(57)47-17-5-11-23-58(47)66)35-53(54)52-34-40(27-26-39(52)38-63)67-59-24-12-6-18-48(59)50-31-28-42(36-61(50)67)65-55-20-8-2-14-44(55)45-15-3-9-21-56(45)65/h2-37H. The van der Waals surface area contributed by atoms with Crippen molar-refractivity contribution in [3.8, 4) is 39.9 Å². The number of nitriles is 1. The molecule has 4 heterocycles. The molecule has 0 N–H and O–H groups in total. The molecular weight excluding hydrogens is 829 g/mol. The molecule has 0 radical (unpaired) electrons. The first-order valence-electron chi connectivity index (χ1n) is 22.8. The first kappa shape index (κ1) is 37.7. The maximum absolute atomic E-state index is 10.8. The van der Waals surface area contributed by atoms with Crippen molar-refractivity contribution in [2.75, 3.05) is 0 Å². The Morgan fingerprint density at radius 3 is 0.971 bits per heavy atom. The fourth-order valence-electron chi connectivity index (χ4n) is 11.1. The molecule has 0 saturated carbocycles. The average Bonchev–Trinajstić information content (AvgIpc) is 4.13. The summed E-state index contributed by atoms with van der Waals surface area (Å²) in [5, 5.41) is 20.2. The molecule has 6 heteroatoms. The summed E-state index contributed by atoms with van der Waals surface area (Å²) in [6.45, 7) is 8.45. The molecule has 0 bridgehead atoms. The smallest absolute Gasteiger partial charge is 0.195 e. The van der Waals surface area contributed by atoms with Crippen molar-refractivity contribution in [1.82, 2.24) is 18.3 Å². The highest BCUT2D eigenvalue weighted by molar-refractivity contribution is 6.14. The summed E-state index contributed by atoms with van der Waals surface area (Å²) in [6, 6.07) is 79.4. The van der Waals surface area contributed by atoms with Crippen LogP contribution in [0.2, 0.25) is 0 Å². The first-order valence-corrected chi connectivity index (χ1v) is 22.8. The van der Waals surface area contributed by atoms with E-state index in [0.717, 1.165) is 88.4 Å². The maximum Gasteiger partial charge on any atom is 0.195 e. The summed E-state index contributed by atoms with van der Waals surface area (Å²) in [7, 11) is 0. The van der Waals surface area contributed by atoms with Gasteiger partial charge in [-0.25, -0.2) is 4.85 Å². The molecule has 0 spiro atoms. The van der Waals surface area contributed by atoms with E-state index in [0.29, 0.717) is 22.4 Å². The predicted octanol–water partition coefficient (Wildman–Crippen LogP) is 16.2. The van der Waals surface area contributed by atoms with Crippen molar-refractivity contribution in [2.45, 2.75) is 0 Å². The number of rotatable bonds is 5. The van der Waals surface area contributed by atoms with Gasteiger partial charge in [-0.3, -0.25) is 0 Å². The van der Waals surface area contributed by atoms with Crippen LogP contribution in [0.15, 0.2) is 218 Å². The molecule has 6 nitrogen and oxygen atoms in total. The zero-order valence-electron chi connectivity index (χ0n) is 36.5. The third kappa shape index (κ3) is 5.31. The average molecular weight is 865 g/mol. The van der Waals surface area contributed by atoms with Gasteiger partial charge in [-0.2, -0.15) is 5.26 Å². The summed E-state index contributed by atoms with van der Waals surface area (Å²) in [4.78, 5) is 4.08. The van der Waals surface area contributed by atoms with E-state index < -0.39 is 0 Å². The molecule has 14 rings (SSSR count). The second-order valence-corrected chi connectivity index (χ2v) is 17.5. The monoisotopic (exact) mass is 864 g/mol. The number of benzene rings is 10. The SMILES string of the molecule is [C-]#[N+]c1ccc(-n2c3ccccc3c3ccc(-n4c5ccccc5c5ccccc54)cc32)cc1-c1cc(-n2c3ccccc3c3ccc(-n4c5ccccc5c5ccccc54)cc32)ccc1C#N. The molecule has 0 aliphatic heterocycles. The van der Waals surface area contributed by atoms with Crippen LogP contribution in [0.1, 0.15) is 5.56 Å². The number of aromatic nitrogens is 4. The molecule has 0 saturated heterocycles. The van der Waals surface area contributed by atoms with E-state index in [1.165, 1.54) is 21.5 Å². The molecule has 14 aromatic rings. The molecule has 0 aliphatic rings. The molecule has 0 amide bonds. The zero-order valence-corrected chi connectivity index (χ0v) is 36.5. The molecular formula is C62H36N6. The van der Waals surface area contributed by atoms with Gasteiger partial charge in [-0.1, -0.05) is 127 Å². The predicted molar refractivity (Wildman–Crippen MR) is 280 cm³/mol. The summed E-state index contributed by atoms with van der Waals surface area (Å²) in [5.41, 5.74) is 15.1. The number of para-hydroxylation sites is 6. The second-order valence-electron chi connectivity index (χ2n) is 17.5. The topological polar surface area (TPSA) is 47.9 Å². The van der Waals surface area contributed by atoms with Crippen LogP contribution in [-0.2, 0) is 0 Å². The summed E-state index contributed by atoms with van der Waals surface area (Å²) >= 11 is 0. The van der Waals surface area contributed by atoms with Gasteiger partial charge >= 0.3 is 0 Å². The van der Waals surface area contributed by atoms with E-state index in [1.807, 2.05) is 24.3 Å². The molecule has 4 aromatic heterocycles. The van der Waals surface area contributed by atoms with Crippen molar-refractivity contribution >= 4 is 92.9 Å². The van der Waals surface area contributed by atoms with E-state index in [2.05, 4.69) is 223 Å². The van der Waals surface area contributed by atoms with Gasteiger partial charge < -0.3 is 18.3 Å². The lowest BCUT2D eigenvalue weighted by atomic mass is 9.97. The minimum absolute atomic E-state index is 0.477. The minimum Gasteiger partial charge on any atom is -0.309 e. The fraction of sp³-hybridized carbons (Fsp3) is 0. The normalized spacial score (nSPS) is 11.8. The number of nitrogens with zero attached hydrogens (tertiary/aromatic N) is 6. The van der Waals surface area contributed by atoms with E-state index in [9.17, 15) is 5.26 Å². The lowest BCUT2D eigenvalue weighted by Crippen LogP contribution is -1.99. The van der Waals surface area contributed by atoms with E-state index in [4.69, 9.17) is 6.57 Å². The van der Waals surface area contributed by atoms with Gasteiger partial charge in [0.1, 0.15) is 0 Å². The molecule has 314 valence electrons. The van der Waals surface area contributed by atoms with Gasteiger partial charge in [0.15, 0.2) is 5.69 Å². The van der Waals surface area contributed by atoms with E-state index >= 15 is 0 Å². The molecule has 0 fully saturated rings. The minimum atomic E-state index is 0.477. The Morgan fingerprint density at radius 1 is 0.309 bits per heavy atom. The van der Waals surface area contributed by atoms with Crippen molar-refractivity contribution in [1.29, 1.82) is 5.26 Å². The maximum atomic E-state index is 10.8. The van der Waals surface area contributed by atoms with Crippen molar-refractivity contribution in [3.05, 3.63) is 235 Å². The summed E-state index contributed by atoms with van der Waals surface area (Å²) < 4.78 is 9.31. The van der Waals surface area contributed by atoms with Crippen LogP contribution in [0.25, 0.3) is 126 Å². The van der Waals surface area contributed by atoms with Crippen LogP contribution < -0.4 is 0 Å². The molecule has 0 atom stereocenters. The molecule has 10 aromatic carbocycles. The number of fused-ring (bicyclic) bond motifs is 12. The van der Waals surface area contributed by atoms with Crippen LogP contribution in [0.3, 0.4) is 0 Å². The highest BCUT2D eigenvalue weighted by Gasteiger charge is 2.21. The Bertz CT molecular complexity index is 4140. The van der Waals surface area contributed by atoms with E-state index in [1.54, 1.807) is 0 Å². The van der Waals surface area contributed by atoms with Gasteiger partial charge in [-0.15, -0.1) is 0 Å². The quantitative estimate of drug-likeness (QED) is 0.159. The largest absolute Gasteiger partial charge is 0.309 e. The lowest BCUT2D eigenvalue weighted by molar-refractivity contribution is 1.15. The Hall–Kier alpha value is -9.62. The van der Waals surface area contributed by atoms with Crippen molar-refractivity contribution in [2.24, 2.45) is 0 Å². The van der Waals surface area contributed by atoms with Gasteiger partial charge in [0.25, 0.3) is 0 Å². The number of hydrogen-bond acceptors (Lipinski definition) is 1.